The number of aryl methyl sites for hydroxylation is 1. The first-order valence-corrected chi connectivity index (χ1v) is 9.03. The van der Waals surface area contributed by atoms with E-state index in [1.165, 1.54) is 0 Å². The van der Waals surface area contributed by atoms with Crippen molar-refractivity contribution in [3.05, 3.63) is 60.1 Å². The van der Waals surface area contributed by atoms with Gasteiger partial charge in [-0.1, -0.05) is 24.3 Å². The summed E-state index contributed by atoms with van der Waals surface area (Å²) in [7, 11) is 0. The zero-order chi connectivity index (χ0) is 18.5. The summed E-state index contributed by atoms with van der Waals surface area (Å²) in [5.74, 6) is 0.549. The number of hydrogen-bond donors (Lipinski definition) is 3. The molecular weight excluding hydrogens is 340 g/mol. The molecule has 0 fully saturated rings. The lowest BCUT2D eigenvalue weighted by Crippen LogP contribution is -2.45. The molecule has 1 aromatic heterocycles. The fourth-order valence-corrected chi connectivity index (χ4v) is 3.87. The van der Waals surface area contributed by atoms with E-state index in [-0.39, 0.29) is 17.7 Å². The van der Waals surface area contributed by atoms with Crippen LogP contribution in [0.15, 0.2) is 59.4 Å². The van der Waals surface area contributed by atoms with Gasteiger partial charge in [0.15, 0.2) is 5.78 Å². The number of H-pyrrole nitrogens is 1. The van der Waals surface area contributed by atoms with E-state index in [4.69, 9.17) is 5.73 Å². The summed E-state index contributed by atoms with van der Waals surface area (Å²) in [5.41, 5.74) is 9.64. The minimum atomic E-state index is -0.550. The molecule has 0 saturated carbocycles. The molecule has 1 aromatic carbocycles. The van der Waals surface area contributed by atoms with E-state index in [1.807, 2.05) is 43.4 Å². The standard InChI is InChI=1S/C20H20N6O/c1-11-23-16-7-6-13(9-17(16)24-11)26-20(21)14(10-22-26)19(27)18-8-12-4-2-3-5-15(12)25-18/h2-10,12,14-15,20,25H,21H2,1H3,(H,23,24). The predicted octanol–water partition coefficient (Wildman–Crippen LogP) is 1.75. The highest BCUT2D eigenvalue weighted by atomic mass is 16.1. The molecule has 0 bridgehead atoms. The fourth-order valence-electron chi connectivity index (χ4n) is 3.87. The number of fused-ring (bicyclic) bond motifs is 2. The maximum absolute atomic E-state index is 13.0. The normalized spacial score (nSPS) is 28.5. The van der Waals surface area contributed by atoms with Gasteiger partial charge in [-0.25, -0.2) is 9.99 Å². The lowest BCUT2D eigenvalue weighted by molar-refractivity contribution is -0.117. The Hall–Kier alpha value is -3.19. The van der Waals surface area contributed by atoms with Crippen LogP contribution in [-0.4, -0.2) is 34.2 Å². The van der Waals surface area contributed by atoms with Crippen molar-refractivity contribution in [1.82, 2.24) is 15.3 Å². The van der Waals surface area contributed by atoms with Gasteiger partial charge in [-0.3, -0.25) is 4.79 Å². The van der Waals surface area contributed by atoms with Gasteiger partial charge in [-0.2, -0.15) is 5.10 Å². The summed E-state index contributed by atoms with van der Waals surface area (Å²) in [6.45, 7) is 1.92. The highest BCUT2D eigenvalue weighted by Crippen LogP contribution is 2.29. The summed E-state index contributed by atoms with van der Waals surface area (Å²) >= 11 is 0. The van der Waals surface area contributed by atoms with Crippen LogP contribution in [0.4, 0.5) is 5.69 Å². The Morgan fingerprint density at radius 1 is 1.26 bits per heavy atom. The lowest BCUT2D eigenvalue weighted by atomic mass is 9.97. The second kappa shape index (κ2) is 5.92. The Balaban J connectivity index is 1.37. The first-order chi connectivity index (χ1) is 13.1. The van der Waals surface area contributed by atoms with Gasteiger partial charge in [-0.15, -0.1) is 0 Å². The van der Waals surface area contributed by atoms with Crippen molar-refractivity contribution in [2.24, 2.45) is 22.7 Å². The SMILES string of the molecule is Cc1nc2cc(N3N=CC(C(=O)C4=CC5C=CC=CC5N4)C3N)ccc2[nH]1. The molecule has 0 saturated heterocycles. The largest absolute Gasteiger partial charge is 0.375 e. The van der Waals surface area contributed by atoms with Gasteiger partial charge in [0.2, 0.25) is 0 Å². The minimum absolute atomic E-state index is 0.0263. The van der Waals surface area contributed by atoms with Gasteiger partial charge in [0, 0.05) is 12.1 Å². The number of hydrogen-bond acceptors (Lipinski definition) is 6. The number of nitrogens with two attached hydrogens (primary N) is 1. The maximum atomic E-state index is 13.0. The second-order valence-electron chi connectivity index (χ2n) is 7.11. The Labute approximate surface area is 156 Å². The van der Waals surface area contributed by atoms with E-state index in [2.05, 4.69) is 32.5 Å². The molecule has 0 amide bonds. The number of nitrogens with zero attached hydrogens (tertiary/aromatic N) is 3. The van der Waals surface area contributed by atoms with E-state index in [0.717, 1.165) is 22.5 Å². The molecule has 3 heterocycles. The molecule has 4 N–H and O–H groups in total. The summed E-state index contributed by atoms with van der Waals surface area (Å²) in [4.78, 5) is 20.7. The molecule has 7 heteroatoms. The number of ketones is 1. The highest BCUT2D eigenvalue weighted by Gasteiger charge is 2.38. The fraction of sp³-hybridized carbons (Fsp3) is 0.250. The zero-order valence-electron chi connectivity index (χ0n) is 14.8. The van der Waals surface area contributed by atoms with E-state index in [1.54, 1.807) is 11.2 Å². The second-order valence-corrected chi connectivity index (χ2v) is 7.11. The van der Waals surface area contributed by atoms with Crippen molar-refractivity contribution in [2.75, 3.05) is 5.01 Å². The third kappa shape index (κ3) is 2.59. The third-order valence-electron chi connectivity index (χ3n) is 5.28. The summed E-state index contributed by atoms with van der Waals surface area (Å²) in [5, 5.41) is 9.39. The number of aromatic nitrogens is 2. The van der Waals surface area contributed by atoms with Gasteiger partial charge in [0.25, 0.3) is 0 Å². The predicted molar refractivity (Wildman–Crippen MR) is 105 cm³/mol. The molecule has 3 aliphatic rings. The molecule has 27 heavy (non-hydrogen) atoms. The summed E-state index contributed by atoms with van der Waals surface area (Å²) in [6.07, 6.45) is 11.2. The quantitative estimate of drug-likeness (QED) is 0.774. The average Bonchev–Trinajstić information content (AvgIpc) is 3.35. The monoisotopic (exact) mass is 360 g/mol. The Kier molecular flexibility index (Phi) is 3.51. The number of Topliss-reactive ketones (excluding diaryl/α,β-unsaturated/α-hetero) is 1. The smallest absolute Gasteiger partial charge is 0.190 e. The number of allylic oxidation sites excluding steroid dienone is 3. The first kappa shape index (κ1) is 16.0. The van der Waals surface area contributed by atoms with Gasteiger partial charge >= 0.3 is 0 Å². The number of nitrogens with one attached hydrogen (secondary N) is 2. The molecule has 7 nitrogen and oxygen atoms in total. The van der Waals surface area contributed by atoms with Crippen molar-refractivity contribution in [2.45, 2.75) is 19.1 Å². The van der Waals surface area contributed by atoms with Crippen molar-refractivity contribution >= 4 is 28.7 Å². The minimum Gasteiger partial charge on any atom is -0.375 e. The van der Waals surface area contributed by atoms with E-state index in [9.17, 15) is 4.79 Å². The molecule has 0 radical (unpaired) electrons. The van der Waals surface area contributed by atoms with E-state index >= 15 is 0 Å². The molecule has 136 valence electrons. The number of aromatic amines is 1. The molecular formula is C20H20N6O. The summed E-state index contributed by atoms with van der Waals surface area (Å²) in [6, 6.07) is 5.96. The van der Waals surface area contributed by atoms with Crippen LogP contribution in [0.2, 0.25) is 0 Å². The summed E-state index contributed by atoms with van der Waals surface area (Å²) < 4.78 is 0. The molecule has 2 aliphatic heterocycles. The van der Waals surface area contributed by atoms with Gasteiger partial charge < -0.3 is 16.0 Å². The number of rotatable bonds is 3. The molecule has 2 aromatic rings. The average molecular weight is 360 g/mol. The number of anilines is 1. The first-order valence-electron chi connectivity index (χ1n) is 9.03. The van der Waals surface area contributed by atoms with Gasteiger partial charge in [-0.05, 0) is 31.2 Å². The number of hydrazone groups is 1. The topological polar surface area (TPSA) is 99.4 Å². The number of carbonyl (C=O) groups is 1. The molecule has 5 rings (SSSR count). The van der Waals surface area contributed by atoms with Crippen LogP contribution in [-0.2, 0) is 4.79 Å². The van der Waals surface area contributed by atoms with Crippen LogP contribution in [0.5, 0.6) is 0 Å². The lowest BCUT2D eigenvalue weighted by Gasteiger charge is -2.24. The van der Waals surface area contributed by atoms with Crippen LogP contribution in [0.1, 0.15) is 5.82 Å². The number of benzene rings is 1. The van der Waals surface area contributed by atoms with Gasteiger partial charge in [0.1, 0.15) is 12.0 Å². The van der Waals surface area contributed by atoms with Crippen LogP contribution in [0.3, 0.4) is 0 Å². The number of imidazole rings is 1. The van der Waals surface area contributed by atoms with E-state index < -0.39 is 12.1 Å². The molecule has 0 spiro atoms. The van der Waals surface area contributed by atoms with Crippen molar-refractivity contribution < 1.29 is 4.79 Å². The van der Waals surface area contributed by atoms with Crippen LogP contribution < -0.4 is 16.1 Å². The maximum Gasteiger partial charge on any atom is 0.190 e. The van der Waals surface area contributed by atoms with Gasteiger partial charge in [0.05, 0.1) is 34.4 Å². The van der Waals surface area contributed by atoms with Crippen molar-refractivity contribution in [1.29, 1.82) is 0 Å². The zero-order valence-corrected chi connectivity index (χ0v) is 14.8. The molecule has 4 atom stereocenters. The van der Waals surface area contributed by atoms with Crippen LogP contribution >= 0.6 is 0 Å². The Bertz CT molecular complexity index is 1050. The highest BCUT2D eigenvalue weighted by molar-refractivity contribution is 6.07. The van der Waals surface area contributed by atoms with Crippen LogP contribution in [0, 0.1) is 18.8 Å². The molecule has 1 aliphatic carbocycles. The third-order valence-corrected chi connectivity index (χ3v) is 5.28. The van der Waals surface area contributed by atoms with E-state index in [0.29, 0.717) is 5.70 Å². The van der Waals surface area contributed by atoms with Crippen molar-refractivity contribution in [3.63, 3.8) is 0 Å². The Morgan fingerprint density at radius 3 is 2.96 bits per heavy atom. The Morgan fingerprint density at radius 2 is 2.11 bits per heavy atom. The molecule has 4 unspecified atom stereocenters. The van der Waals surface area contributed by atoms with Crippen LogP contribution in [0.25, 0.3) is 11.0 Å². The van der Waals surface area contributed by atoms with Crippen molar-refractivity contribution in [3.8, 4) is 0 Å². The number of carbonyl (C=O) groups excluding carboxylic acids is 1.